The lowest BCUT2D eigenvalue weighted by Crippen LogP contribution is -2.50. The quantitative estimate of drug-likeness (QED) is 0.700. The van der Waals surface area contributed by atoms with Crippen LogP contribution in [0.3, 0.4) is 0 Å². The number of aliphatic imine (C=N–C) groups is 1. The molecule has 0 saturated carbocycles. The summed E-state index contributed by atoms with van der Waals surface area (Å²) in [7, 11) is 1.65. The van der Waals surface area contributed by atoms with Gasteiger partial charge in [0.05, 0.1) is 36.1 Å². The van der Waals surface area contributed by atoms with Crippen LogP contribution in [0.2, 0.25) is 0 Å². The molecule has 2 aliphatic heterocycles. The zero-order valence-electron chi connectivity index (χ0n) is 15.8. The van der Waals surface area contributed by atoms with Gasteiger partial charge in [0.2, 0.25) is 0 Å². The number of methoxy groups -OCH3 is 1. The van der Waals surface area contributed by atoms with E-state index in [1.54, 1.807) is 19.6 Å². The zero-order chi connectivity index (χ0) is 19.8. The van der Waals surface area contributed by atoms with Gasteiger partial charge in [-0.25, -0.2) is 9.98 Å². The van der Waals surface area contributed by atoms with Crippen molar-refractivity contribution in [2.24, 2.45) is 4.99 Å². The number of nitrogens with zero attached hydrogens (tertiary/aromatic N) is 4. The van der Waals surface area contributed by atoms with Gasteiger partial charge in [0.15, 0.2) is 0 Å². The standard InChI is InChI=1S/C21H20ClN5O2/c1-28-19-8-14(29-15-9-23-10-15)5-6-17(19)27-13-24-11-16(22)21(27)18-12-25-20-4-2-3-7-26(18)20/h2-8,11-13,15,21,23H,9-10H2,1H3. The zero-order valence-corrected chi connectivity index (χ0v) is 16.6. The summed E-state index contributed by atoms with van der Waals surface area (Å²) in [4.78, 5) is 10.8. The lowest BCUT2D eigenvalue weighted by Gasteiger charge is -2.33. The number of rotatable bonds is 5. The minimum absolute atomic E-state index is 0.199. The lowest BCUT2D eigenvalue weighted by molar-refractivity contribution is 0.142. The average Bonchev–Trinajstić information content (AvgIpc) is 3.14. The monoisotopic (exact) mass is 409 g/mol. The molecule has 8 heteroatoms. The van der Waals surface area contributed by atoms with E-state index in [2.05, 4.69) is 15.3 Å². The molecule has 148 valence electrons. The maximum absolute atomic E-state index is 6.63. The van der Waals surface area contributed by atoms with Crippen LogP contribution in [0.15, 0.2) is 65.0 Å². The molecule has 4 heterocycles. The van der Waals surface area contributed by atoms with Crippen molar-refractivity contribution in [2.45, 2.75) is 12.1 Å². The lowest BCUT2D eigenvalue weighted by atomic mass is 10.1. The minimum atomic E-state index is -0.275. The highest BCUT2D eigenvalue weighted by atomic mass is 35.5. The molecule has 0 amide bonds. The second-order valence-corrected chi connectivity index (χ2v) is 7.37. The van der Waals surface area contributed by atoms with Crippen LogP contribution in [0.5, 0.6) is 11.5 Å². The van der Waals surface area contributed by atoms with Gasteiger partial charge in [0.1, 0.15) is 29.3 Å². The second-order valence-electron chi connectivity index (χ2n) is 6.93. The van der Waals surface area contributed by atoms with Crippen LogP contribution in [0.4, 0.5) is 5.69 Å². The molecule has 7 nitrogen and oxygen atoms in total. The number of benzene rings is 1. The molecule has 2 aromatic heterocycles. The fourth-order valence-electron chi connectivity index (χ4n) is 3.57. The van der Waals surface area contributed by atoms with Crippen molar-refractivity contribution in [2.75, 3.05) is 25.1 Å². The molecule has 0 radical (unpaired) electrons. The summed E-state index contributed by atoms with van der Waals surface area (Å²) in [6.45, 7) is 1.72. The number of anilines is 1. The maximum atomic E-state index is 6.63. The Morgan fingerprint density at radius 3 is 2.90 bits per heavy atom. The van der Waals surface area contributed by atoms with Crippen molar-refractivity contribution >= 4 is 29.3 Å². The summed E-state index contributed by atoms with van der Waals surface area (Å²) in [5.74, 6) is 1.46. The van der Waals surface area contributed by atoms with E-state index in [4.69, 9.17) is 21.1 Å². The van der Waals surface area contributed by atoms with Gasteiger partial charge in [0, 0.05) is 31.6 Å². The summed E-state index contributed by atoms with van der Waals surface area (Å²) < 4.78 is 13.7. The molecule has 0 aliphatic carbocycles. The largest absolute Gasteiger partial charge is 0.494 e. The molecule has 29 heavy (non-hydrogen) atoms. The molecule has 1 N–H and O–H groups in total. The molecule has 0 spiro atoms. The summed E-state index contributed by atoms with van der Waals surface area (Å²) in [5, 5.41) is 3.80. The number of hydrogen-bond acceptors (Lipinski definition) is 6. The third-order valence-electron chi connectivity index (χ3n) is 5.13. The molecule has 1 unspecified atom stereocenters. The first-order valence-electron chi connectivity index (χ1n) is 9.39. The summed E-state index contributed by atoms with van der Waals surface area (Å²) in [6, 6.07) is 11.4. The summed E-state index contributed by atoms with van der Waals surface area (Å²) in [5.41, 5.74) is 2.65. The Hall–Kier alpha value is -3.03. The van der Waals surface area contributed by atoms with Crippen molar-refractivity contribution < 1.29 is 9.47 Å². The van der Waals surface area contributed by atoms with Gasteiger partial charge < -0.3 is 24.1 Å². The van der Waals surface area contributed by atoms with E-state index in [1.807, 2.05) is 58.1 Å². The van der Waals surface area contributed by atoms with Crippen molar-refractivity contribution in [3.63, 3.8) is 0 Å². The number of nitrogens with one attached hydrogen (secondary N) is 1. The number of hydrogen-bond donors (Lipinski definition) is 1. The topological polar surface area (TPSA) is 63.4 Å². The number of fused-ring (bicyclic) bond motifs is 1. The van der Waals surface area contributed by atoms with Crippen molar-refractivity contribution in [1.82, 2.24) is 14.7 Å². The first-order valence-corrected chi connectivity index (χ1v) is 9.77. The van der Waals surface area contributed by atoms with Gasteiger partial charge in [-0.05, 0) is 24.3 Å². The molecule has 3 aromatic rings. The Morgan fingerprint density at radius 1 is 1.21 bits per heavy atom. The van der Waals surface area contributed by atoms with Gasteiger partial charge in [-0.1, -0.05) is 17.7 Å². The number of imidazole rings is 1. The molecule has 1 fully saturated rings. The average molecular weight is 410 g/mol. The van der Waals surface area contributed by atoms with E-state index in [1.165, 1.54) is 0 Å². The smallest absolute Gasteiger partial charge is 0.146 e. The third kappa shape index (κ3) is 3.22. The van der Waals surface area contributed by atoms with Crippen LogP contribution >= 0.6 is 11.6 Å². The van der Waals surface area contributed by atoms with E-state index < -0.39 is 0 Å². The summed E-state index contributed by atoms with van der Waals surface area (Å²) in [6.07, 6.45) is 7.44. The van der Waals surface area contributed by atoms with Crippen LogP contribution < -0.4 is 19.7 Å². The minimum Gasteiger partial charge on any atom is -0.494 e. The van der Waals surface area contributed by atoms with Crippen LogP contribution in [-0.4, -0.2) is 42.0 Å². The fourth-order valence-corrected chi connectivity index (χ4v) is 3.84. The van der Waals surface area contributed by atoms with Crippen LogP contribution in [0, 0.1) is 0 Å². The molecule has 2 aliphatic rings. The Balaban J connectivity index is 1.54. The normalized spacial score (nSPS) is 19.2. The van der Waals surface area contributed by atoms with E-state index in [0.29, 0.717) is 10.8 Å². The third-order valence-corrected chi connectivity index (χ3v) is 5.43. The van der Waals surface area contributed by atoms with Crippen molar-refractivity contribution in [1.29, 1.82) is 0 Å². The molecule has 0 bridgehead atoms. The Kier molecular flexibility index (Phi) is 4.61. The highest BCUT2D eigenvalue weighted by molar-refractivity contribution is 6.31. The first-order chi connectivity index (χ1) is 14.2. The first kappa shape index (κ1) is 18.0. The van der Waals surface area contributed by atoms with Crippen LogP contribution in [0.25, 0.3) is 5.65 Å². The van der Waals surface area contributed by atoms with Gasteiger partial charge in [0.25, 0.3) is 0 Å². The number of halogens is 1. The maximum Gasteiger partial charge on any atom is 0.146 e. The Labute approximate surface area is 173 Å². The molecule has 1 saturated heterocycles. The van der Waals surface area contributed by atoms with Gasteiger partial charge >= 0.3 is 0 Å². The van der Waals surface area contributed by atoms with E-state index in [-0.39, 0.29) is 12.1 Å². The van der Waals surface area contributed by atoms with Crippen LogP contribution in [-0.2, 0) is 0 Å². The Bertz CT molecular complexity index is 1110. The molecule has 5 rings (SSSR count). The molecular formula is C21H20ClN5O2. The van der Waals surface area contributed by atoms with Gasteiger partial charge in [-0.15, -0.1) is 0 Å². The molecule has 1 aromatic carbocycles. The number of ether oxygens (including phenoxy) is 2. The highest BCUT2D eigenvalue weighted by Crippen LogP contribution is 2.41. The van der Waals surface area contributed by atoms with E-state index in [0.717, 1.165) is 35.9 Å². The predicted octanol–water partition coefficient (Wildman–Crippen LogP) is 3.36. The highest BCUT2D eigenvalue weighted by Gasteiger charge is 2.30. The van der Waals surface area contributed by atoms with E-state index in [9.17, 15) is 0 Å². The summed E-state index contributed by atoms with van der Waals surface area (Å²) >= 11 is 6.63. The molecule has 1 atom stereocenters. The Morgan fingerprint density at radius 2 is 2.10 bits per heavy atom. The number of pyridine rings is 1. The van der Waals surface area contributed by atoms with E-state index >= 15 is 0 Å². The van der Waals surface area contributed by atoms with Crippen molar-refractivity contribution in [3.8, 4) is 11.5 Å². The predicted molar refractivity (Wildman–Crippen MR) is 113 cm³/mol. The second kappa shape index (κ2) is 7.42. The fraction of sp³-hybridized carbons (Fsp3) is 0.238. The van der Waals surface area contributed by atoms with Gasteiger partial charge in [-0.3, -0.25) is 0 Å². The van der Waals surface area contributed by atoms with Gasteiger partial charge in [-0.2, -0.15) is 0 Å². The molecular weight excluding hydrogens is 390 g/mol. The SMILES string of the molecule is COc1cc(OC2CNC2)ccc1N1C=NC=C(Cl)C1c1cnc2ccccn12. The van der Waals surface area contributed by atoms with Crippen LogP contribution in [0.1, 0.15) is 11.7 Å². The van der Waals surface area contributed by atoms with Crippen molar-refractivity contribution in [3.05, 3.63) is 65.7 Å². The number of aromatic nitrogens is 2.